The van der Waals surface area contributed by atoms with Gasteiger partial charge in [0.25, 0.3) is 0 Å². The van der Waals surface area contributed by atoms with E-state index in [0.717, 1.165) is 38.5 Å². The standard InChI is InChI=1S/C15H28O2/c1-4-6-8-10-15(17)13(3)11-12-14(16)9-7-5-2/h13H,4-12H2,1-3H3. The first-order valence-electron chi connectivity index (χ1n) is 7.16. The van der Waals surface area contributed by atoms with Crippen LogP contribution in [0.25, 0.3) is 0 Å². The Morgan fingerprint density at radius 1 is 0.882 bits per heavy atom. The molecule has 0 fully saturated rings. The highest BCUT2D eigenvalue weighted by Crippen LogP contribution is 2.13. The highest BCUT2D eigenvalue weighted by Gasteiger charge is 2.13. The largest absolute Gasteiger partial charge is 0.300 e. The molecule has 2 heteroatoms. The van der Waals surface area contributed by atoms with Gasteiger partial charge in [0.15, 0.2) is 0 Å². The molecule has 0 aromatic carbocycles. The van der Waals surface area contributed by atoms with E-state index in [1.165, 1.54) is 0 Å². The minimum atomic E-state index is 0.0671. The van der Waals surface area contributed by atoms with Crippen molar-refractivity contribution < 1.29 is 9.59 Å². The molecule has 0 bridgehead atoms. The van der Waals surface area contributed by atoms with E-state index in [2.05, 4.69) is 13.8 Å². The molecule has 0 heterocycles. The topological polar surface area (TPSA) is 34.1 Å². The van der Waals surface area contributed by atoms with Crippen molar-refractivity contribution in [1.82, 2.24) is 0 Å². The van der Waals surface area contributed by atoms with Crippen LogP contribution in [-0.4, -0.2) is 11.6 Å². The Bertz CT molecular complexity index is 221. The maximum absolute atomic E-state index is 11.7. The van der Waals surface area contributed by atoms with Crippen LogP contribution in [0.1, 0.15) is 78.6 Å². The van der Waals surface area contributed by atoms with Gasteiger partial charge < -0.3 is 0 Å². The molecule has 100 valence electrons. The van der Waals surface area contributed by atoms with Gasteiger partial charge in [-0.1, -0.05) is 40.0 Å². The van der Waals surface area contributed by atoms with E-state index in [0.29, 0.717) is 30.8 Å². The molecular weight excluding hydrogens is 212 g/mol. The van der Waals surface area contributed by atoms with Crippen LogP contribution in [0.5, 0.6) is 0 Å². The molecule has 0 aliphatic carbocycles. The Labute approximate surface area is 106 Å². The molecule has 2 nitrogen and oxygen atoms in total. The third-order valence-electron chi connectivity index (χ3n) is 3.24. The van der Waals surface area contributed by atoms with Gasteiger partial charge in [-0.3, -0.25) is 9.59 Å². The van der Waals surface area contributed by atoms with Crippen molar-refractivity contribution in [3.8, 4) is 0 Å². The summed E-state index contributed by atoms with van der Waals surface area (Å²) in [5.41, 5.74) is 0. The van der Waals surface area contributed by atoms with Crippen LogP contribution in [0, 0.1) is 5.92 Å². The molecule has 0 saturated heterocycles. The summed E-state index contributed by atoms with van der Waals surface area (Å²) in [7, 11) is 0. The summed E-state index contributed by atoms with van der Waals surface area (Å²) in [4.78, 5) is 23.2. The van der Waals surface area contributed by atoms with Crippen molar-refractivity contribution in [2.45, 2.75) is 78.6 Å². The molecule has 1 atom stereocenters. The lowest BCUT2D eigenvalue weighted by atomic mass is 9.94. The maximum Gasteiger partial charge on any atom is 0.135 e. The SMILES string of the molecule is CCCCCC(=O)C(C)CCC(=O)CCCC. The smallest absolute Gasteiger partial charge is 0.135 e. The highest BCUT2D eigenvalue weighted by molar-refractivity contribution is 5.82. The number of ketones is 2. The van der Waals surface area contributed by atoms with Gasteiger partial charge in [-0.15, -0.1) is 0 Å². The van der Waals surface area contributed by atoms with Crippen LogP contribution in [0.15, 0.2) is 0 Å². The fourth-order valence-corrected chi connectivity index (χ4v) is 1.83. The number of hydrogen-bond acceptors (Lipinski definition) is 2. The molecule has 0 aliphatic rings. The van der Waals surface area contributed by atoms with Gasteiger partial charge in [0.05, 0.1) is 0 Å². The summed E-state index contributed by atoms with van der Waals surface area (Å²) < 4.78 is 0. The number of unbranched alkanes of at least 4 members (excludes halogenated alkanes) is 3. The van der Waals surface area contributed by atoms with Crippen LogP contribution in [0.4, 0.5) is 0 Å². The summed E-state index contributed by atoms with van der Waals surface area (Å²) in [6.07, 6.45) is 8.04. The Balaban J connectivity index is 3.65. The molecule has 0 N–H and O–H groups in total. The van der Waals surface area contributed by atoms with Crippen molar-refractivity contribution in [2.75, 3.05) is 0 Å². The molecule has 1 unspecified atom stereocenters. The van der Waals surface area contributed by atoms with Gasteiger partial charge in [0, 0.05) is 25.2 Å². The van der Waals surface area contributed by atoms with Crippen molar-refractivity contribution in [3.63, 3.8) is 0 Å². The summed E-state index contributed by atoms with van der Waals surface area (Å²) in [6.45, 7) is 6.19. The van der Waals surface area contributed by atoms with E-state index in [-0.39, 0.29) is 5.92 Å². The third kappa shape index (κ3) is 9.08. The summed E-state index contributed by atoms with van der Waals surface area (Å²) in [5.74, 6) is 0.722. The van der Waals surface area contributed by atoms with Crippen LogP contribution in [-0.2, 0) is 9.59 Å². The Hall–Kier alpha value is -0.660. The van der Waals surface area contributed by atoms with Crippen LogP contribution < -0.4 is 0 Å². The van der Waals surface area contributed by atoms with E-state index in [1.807, 2.05) is 6.92 Å². The number of carbonyl (C=O) groups excluding carboxylic acids is 2. The predicted octanol–water partition coefficient (Wildman–Crippen LogP) is 4.31. The van der Waals surface area contributed by atoms with Crippen molar-refractivity contribution in [3.05, 3.63) is 0 Å². The molecule has 0 saturated carbocycles. The Morgan fingerprint density at radius 3 is 2.12 bits per heavy atom. The molecule has 17 heavy (non-hydrogen) atoms. The first-order chi connectivity index (χ1) is 8.11. The van der Waals surface area contributed by atoms with Crippen LogP contribution in [0.3, 0.4) is 0 Å². The lowest BCUT2D eigenvalue weighted by molar-refractivity contribution is -0.123. The molecule has 0 radical (unpaired) electrons. The van der Waals surface area contributed by atoms with Crippen LogP contribution >= 0.6 is 0 Å². The van der Waals surface area contributed by atoms with Gasteiger partial charge in [0.1, 0.15) is 11.6 Å². The second kappa shape index (κ2) is 10.5. The fourth-order valence-electron chi connectivity index (χ4n) is 1.83. The molecule has 0 aromatic heterocycles. The molecular formula is C15H28O2. The third-order valence-corrected chi connectivity index (χ3v) is 3.24. The highest BCUT2D eigenvalue weighted by atomic mass is 16.1. The Morgan fingerprint density at radius 2 is 1.53 bits per heavy atom. The normalized spacial score (nSPS) is 12.4. The molecule has 0 aromatic rings. The first kappa shape index (κ1) is 16.3. The minimum absolute atomic E-state index is 0.0671. The fraction of sp³-hybridized carbons (Fsp3) is 0.867. The van der Waals surface area contributed by atoms with Crippen molar-refractivity contribution >= 4 is 11.6 Å². The second-order valence-corrected chi connectivity index (χ2v) is 5.01. The Kier molecular flexibility index (Phi) is 10.1. The average molecular weight is 240 g/mol. The quantitative estimate of drug-likeness (QED) is 0.504. The predicted molar refractivity (Wildman–Crippen MR) is 72.1 cm³/mol. The number of hydrogen-bond donors (Lipinski definition) is 0. The summed E-state index contributed by atoms with van der Waals surface area (Å²) in [6, 6.07) is 0. The number of rotatable bonds is 11. The lowest BCUT2D eigenvalue weighted by Crippen LogP contribution is -2.12. The van der Waals surface area contributed by atoms with E-state index < -0.39 is 0 Å². The van der Waals surface area contributed by atoms with Crippen molar-refractivity contribution in [2.24, 2.45) is 5.92 Å². The van der Waals surface area contributed by atoms with E-state index in [4.69, 9.17) is 0 Å². The average Bonchev–Trinajstić information content (AvgIpc) is 2.33. The second-order valence-electron chi connectivity index (χ2n) is 5.01. The van der Waals surface area contributed by atoms with Gasteiger partial charge in [-0.2, -0.15) is 0 Å². The van der Waals surface area contributed by atoms with E-state index in [1.54, 1.807) is 0 Å². The van der Waals surface area contributed by atoms with E-state index in [9.17, 15) is 9.59 Å². The monoisotopic (exact) mass is 240 g/mol. The maximum atomic E-state index is 11.7. The molecule has 0 aliphatic heterocycles. The minimum Gasteiger partial charge on any atom is -0.300 e. The first-order valence-corrected chi connectivity index (χ1v) is 7.16. The zero-order chi connectivity index (χ0) is 13.1. The van der Waals surface area contributed by atoms with Gasteiger partial charge in [-0.05, 0) is 19.3 Å². The van der Waals surface area contributed by atoms with Gasteiger partial charge in [0.2, 0.25) is 0 Å². The summed E-state index contributed by atoms with van der Waals surface area (Å²) in [5, 5.41) is 0. The van der Waals surface area contributed by atoms with Gasteiger partial charge >= 0.3 is 0 Å². The van der Waals surface area contributed by atoms with Gasteiger partial charge in [-0.25, -0.2) is 0 Å². The van der Waals surface area contributed by atoms with Crippen molar-refractivity contribution in [1.29, 1.82) is 0 Å². The zero-order valence-electron chi connectivity index (χ0n) is 11.8. The number of carbonyl (C=O) groups is 2. The molecule has 0 rings (SSSR count). The van der Waals surface area contributed by atoms with Crippen LogP contribution in [0.2, 0.25) is 0 Å². The van der Waals surface area contributed by atoms with E-state index >= 15 is 0 Å². The number of Topliss-reactive ketones (excluding diaryl/α,β-unsaturated/α-hetero) is 2. The molecule has 0 amide bonds. The zero-order valence-corrected chi connectivity index (χ0v) is 11.8. The molecule has 0 spiro atoms. The lowest BCUT2D eigenvalue weighted by Gasteiger charge is -2.09. The summed E-state index contributed by atoms with van der Waals surface area (Å²) >= 11 is 0.